The number of anilines is 1. The molecule has 0 aliphatic carbocycles. The minimum atomic E-state index is -4.32. The highest BCUT2D eigenvalue weighted by molar-refractivity contribution is 14.2. The summed E-state index contributed by atoms with van der Waals surface area (Å²) in [7, 11) is -4.32. The van der Waals surface area contributed by atoms with Gasteiger partial charge < -0.3 is 10.6 Å². The van der Waals surface area contributed by atoms with Crippen molar-refractivity contribution in [3.05, 3.63) is 33.9 Å². The van der Waals surface area contributed by atoms with Crippen LogP contribution in [-0.2, 0) is 14.9 Å². The van der Waals surface area contributed by atoms with E-state index < -0.39 is 10.1 Å². The number of fused-ring (bicyclic) bond motifs is 1. The van der Waals surface area contributed by atoms with Gasteiger partial charge in [-0.05, 0) is 34.7 Å². The Bertz CT molecular complexity index is 872. The van der Waals surface area contributed by atoms with Crippen LogP contribution in [0.4, 0.5) is 5.69 Å². The second-order valence-corrected chi connectivity index (χ2v) is 12.2. The first-order valence-electron chi connectivity index (χ1n) is 6.70. The van der Waals surface area contributed by atoms with E-state index in [1.165, 1.54) is 0 Å². The summed E-state index contributed by atoms with van der Waals surface area (Å²) in [6.45, 7) is 0.950. The Morgan fingerprint density at radius 2 is 1.83 bits per heavy atom. The molecule has 0 spiro atoms. The fourth-order valence-electron chi connectivity index (χ4n) is 2.18. The smallest absolute Gasteiger partial charge is 0.296 e. The second kappa shape index (κ2) is 8.64. The van der Waals surface area contributed by atoms with Gasteiger partial charge in [-0.3, -0.25) is 9.35 Å². The van der Waals surface area contributed by atoms with Gasteiger partial charge in [0.1, 0.15) is 6.83 Å². The summed E-state index contributed by atoms with van der Waals surface area (Å²) in [5.41, 5.74) is 0.739. The van der Waals surface area contributed by atoms with E-state index in [2.05, 4.69) is 10.6 Å². The number of carbonyl (C=O) groups excluding carboxylic acids is 1. The van der Waals surface area contributed by atoms with Gasteiger partial charge in [0.25, 0.3) is 10.1 Å². The Kier molecular flexibility index (Phi) is 7.34. The van der Waals surface area contributed by atoms with Crippen molar-refractivity contribution in [3.63, 3.8) is 0 Å². The first-order valence-corrected chi connectivity index (χ1v) is 11.7. The molecule has 0 unspecified atom stereocenters. The third-order valence-corrected chi connectivity index (χ3v) is 6.51. The molecular formula is C14H13I3N2O4S. The van der Waals surface area contributed by atoms with E-state index in [1.54, 1.807) is 24.3 Å². The standard InChI is InChI=1S/C14H13I3N2O4S/c15-10-5-4-8-9(12(10)24(21,22)23)2-1-3-11(8)18-6-7-19-14(20)13(16)17/h1-5,13,18H,6-7H2,(H,19,20)(H,21,22,23). The lowest BCUT2D eigenvalue weighted by Crippen LogP contribution is -2.32. The molecule has 24 heavy (non-hydrogen) atoms. The third kappa shape index (κ3) is 5.04. The maximum atomic E-state index is 11.7. The molecule has 130 valence electrons. The van der Waals surface area contributed by atoms with Crippen LogP contribution in [0, 0.1) is 3.57 Å². The molecule has 10 heteroatoms. The molecule has 6 nitrogen and oxygen atoms in total. The fourth-order valence-corrected chi connectivity index (χ4v) is 4.70. The van der Waals surface area contributed by atoms with Gasteiger partial charge in [-0.25, -0.2) is 0 Å². The van der Waals surface area contributed by atoms with Crippen molar-refractivity contribution >= 4 is 100 Å². The molecule has 0 saturated heterocycles. The van der Waals surface area contributed by atoms with Crippen molar-refractivity contribution in [1.29, 1.82) is 0 Å². The lowest BCUT2D eigenvalue weighted by atomic mass is 10.1. The normalized spacial score (nSPS) is 11.7. The van der Waals surface area contributed by atoms with Crippen LogP contribution in [0.3, 0.4) is 0 Å². The van der Waals surface area contributed by atoms with Crippen LogP contribution in [0.15, 0.2) is 35.2 Å². The van der Waals surface area contributed by atoms with Gasteiger partial charge in [0.2, 0.25) is 5.91 Å². The summed E-state index contributed by atoms with van der Waals surface area (Å²) < 4.78 is 33.1. The van der Waals surface area contributed by atoms with Gasteiger partial charge in [-0.1, -0.05) is 63.4 Å². The molecule has 0 saturated carbocycles. The monoisotopic (exact) mass is 686 g/mol. The average Bonchev–Trinajstić information content (AvgIpc) is 2.49. The zero-order valence-corrected chi connectivity index (χ0v) is 19.4. The minimum Gasteiger partial charge on any atom is -0.383 e. The Balaban J connectivity index is 2.25. The highest BCUT2D eigenvalue weighted by Gasteiger charge is 2.19. The molecule has 0 aliphatic heterocycles. The first-order chi connectivity index (χ1) is 11.2. The molecule has 3 N–H and O–H groups in total. The lowest BCUT2D eigenvalue weighted by Gasteiger charge is -2.13. The lowest BCUT2D eigenvalue weighted by molar-refractivity contribution is -0.118. The highest BCUT2D eigenvalue weighted by atomic mass is 127. The van der Waals surface area contributed by atoms with E-state index in [-0.39, 0.29) is 12.7 Å². The predicted molar refractivity (Wildman–Crippen MR) is 120 cm³/mol. The zero-order valence-electron chi connectivity index (χ0n) is 12.1. The summed E-state index contributed by atoms with van der Waals surface area (Å²) in [6, 6.07) is 8.66. The first kappa shape index (κ1) is 20.4. The minimum absolute atomic E-state index is 0.0425. The topological polar surface area (TPSA) is 95.5 Å². The molecular weight excluding hydrogens is 673 g/mol. The summed E-state index contributed by atoms with van der Waals surface area (Å²) in [5, 5.41) is 7.12. The van der Waals surface area contributed by atoms with Gasteiger partial charge in [0.15, 0.2) is 0 Å². The quantitative estimate of drug-likeness (QED) is 0.188. The number of rotatable bonds is 6. The number of amides is 1. The predicted octanol–water partition coefficient (Wildman–Crippen LogP) is 3.42. The van der Waals surface area contributed by atoms with E-state index in [9.17, 15) is 17.8 Å². The van der Waals surface area contributed by atoms with Crippen molar-refractivity contribution in [3.8, 4) is 0 Å². The summed E-state index contributed by atoms with van der Waals surface area (Å²) in [5.74, 6) is -0.0425. The molecule has 0 fully saturated rings. The SMILES string of the molecule is O=C(NCCNc1cccc2c(S(=O)(=O)O)c(I)ccc12)C(I)I. The van der Waals surface area contributed by atoms with E-state index in [0.29, 0.717) is 27.4 Å². The van der Waals surface area contributed by atoms with Crippen LogP contribution in [0.5, 0.6) is 0 Å². The maximum Gasteiger partial charge on any atom is 0.296 e. The van der Waals surface area contributed by atoms with Crippen LogP contribution < -0.4 is 10.6 Å². The molecule has 1 amide bonds. The van der Waals surface area contributed by atoms with Crippen LogP contribution in [0.1, 0.15) is 0 Å². The molecule has 0 radical (unpaired) electrons. The van der Waals surface area contributed by atoms with Gasteiger partial charge in [0, 0.05) is 33.1 Å². The second-order valence-electron chi connectivity index (χ2n) is 4.77. The third-order valence-electron chi connectivity index (χ3n) is 3.16. The number of carbonyl (C=O) groups is 1. The van der Waals surface area contributed by atoms with Crippen molar-refractivity contribution in [2.75, 3.05) is 18.4 Å². The van der Waals surface area contributed by atoms with Crippen LogP contribution >= 0.6 is 67.8 Å². The van der Waals surface area contributed by atoms with Crippen LogP contribution in [-0.4, -0.2) is 33.9 Å². The molecule has 0 heterocycles. The number of hydrogen-bond acceptors (Lipinski definition) is 4. The molecule has 2 aromatic rings. The largest absolute Gasteiger partial charge is 0.383 e. The molecule has 2 aromatic carbocycles. The van der Waals surface area contributed by atoms with E-state index in [1.807, 2.05) is 73.8 Å². The molecule has 0 aliphatic rings. The number of alkyl halides is 2. The number of nitrogens with one attached hydrogen (secondary N) is 2. The summed E-state index contributed by atoms with van der Waals surface area (Å²) in [4.78, 5) is 11.4. The van der Waals surface area contributed by atoms with Crippen molar-refractivity contribution in [1.82, 2.24) is 5.32 Å². The Labute approximate surface area is 180 Å². The molecule has 0 aromatic heterocycles. The maximum absolute atomic E-state index is 11.7. The molecule has 2 rings (SSSR count). The van der Waals surface area contributed by atoms with Gasteiger partial charge >= 0.3 is 0 Å². The number of hydrogen-bond donors (Lipinski definition) is 3. The fraction of sp³-hybridized carbons (Fsp3) is 0.214. The summed E-state index contributed by atoms with van der Waals surface area (Å²) >= 11 is 5.95. The highest BCUT2D eigenvalue weighted by Crippen LogP contribution is 2.32. The molecule has 0 atom stereocenters. The van der Waals surface area contributed by atoms with Crippen LogP contribution in [0.25, 0.3) is 10.8 Å². The number of halogens is 3. The van der Waals surface area contributed by atoms with Crippen LogP contribution in [0.2, 0.25) is 0 Å². The molecule has 0 bridgehead atoms. The van der Waals surface area contributed by atoms with Crippen molar-refractivity contribution in [2.24, 2.45) is 0 Å². The number of benzene rings is 2. The van der Waals surface area contributed by atoms with E-state index in [0.717, 1.165) is 5.69 Å². The average molecular weight is 686 g/mol. The van der Waals surface area contributed by atoms with E-state index >= 15 is 0 Å². The van der Waals surface area contributed by atoms with Gasteiger partial charge in [-0.15, -0.1) is 0 Å². The van der Waals surface area contributed by atoms with Gasteiger partial charge in [-0.2, -0.15) is 8.42 Å². The van der Waals surface area contributed by atoms with Crippen molar-refractivity contribution < 1.29 is 17.8 Å². The Morgan fingerprint density at radius 3 is 2.46 bits per heavy atom. The van der Waals surface area contributed by atoms with Crippen molar-refractivity contribution in [2.45, 2.75) is 6.83 Å². The van der Waals surface area contributed by atoms with E-state index in [4.69, 9.17) is 0 Å². The Hall–Kier alpha value is 0.0700. The summed E-state index contributed by atoms with van der Waals surface area (Å²) in [6.07, 6.45) is 0. The Morgan fingerprint density at radius 1 is 1.12 bits per heavy atom. The van der Waals surface area contributed by atoms with Gasteiger partial charge in [0.05, 0.1) is 0 Å². The zero-order chi connectivity index (χ0) is 17.9.